The number of aromatic nitrogens is 2. The third kappa shape index (κ3) is 5.08. The molecule has 0 unspecified atom stereocenters. The molecule has 2 aromatic carbocycles. The SMILES string of the molecule is Cc1cc(-c2ccc(N3CCN(C4CCOCC4)CC3)cc2)cn2cc(-c3ccc(S(C)(=O)=O)cc3)nc12. The summed E-state index contributed by atoms with van der Waals surface area (Å²) in [5.41, 5.74) is 7.30. The number of nitrogens with zero attached hydrogens (tertiary/aromatic N) is 4. The largest absolute Gasteiger partial charge is 0.381 e. The first-order valence-corrected chi connectivity index (χ1v) is 15.2. The molecule has 0 radical (unpaired) electrons. The topological polar surface area (TPSA) is 67.2 Å². The Bertz CT molecular complexity index is 1530. The number of hydrogen-bond acceptors (Lipinski definition) is 6. The number of sulfone groups is 1. The molecule has 7 nitrogen and oxygen atoms in total. The van der Waals surface area contributed by atoms with Crippen LogP contribution in [0.25, 0.3) is 28.0 Å². The zero-order valence-electron chi connectivity index (χ0n) is 22.0. The lowest BCUT2D eigenvalue weighted by molar-refractivity contribution is 0.0321. The van der Waals surface area contributed by atoms with Gasteiger partial charge in [-0.05, 0) is 66.8 Å². The lowest BCUT2D eigenvalue weighted by Crippen LogP contribution is -2.51. The summed E-state index contributed by atoms with van der Waals surface area (Å²) < 4.78 is 31.2. The van der Waals surface area contributed by atoms with E-state index >= 15 is 0 Å². The zero-order chi connectivity index (χ0) is 26.3. The summed E-state index contributed by atoms with van der Waals surface area (Å²) in [5.74, 6) is 0. The van der Waals surface area contributed by atoms with Gasteiger partial charge in [0.1, 0.15) is 5.65 Å². The number of aryl methyl sites for hydroxylation is 1. The predicted molar refractivity (Wildman–Crippen MR) is 152 cm³/mol. The standard InChI is InChI=1S/C30H34N4O3S/c1-22-19-25(20-34-21-29(31-30(22)34)24-5-9-28(10-6-24)38(2,35)36)23-3-7-26(8-4-23)32-13-15-33(16-14-32)27-11-17-37-18-12-27/h3-10,19-21,27H,11-18H2,1-2H3. The van der Waals surface area contributed by atoms with Crippen LogP contribution in [0, 0.1) is 6.92 Å². The van der Waals surface area contributed by atoms with Gasteiger partial charge in [0.2, 0.25) is 0 Å². The molecule has 0 bridgehead atoms. The van der Waals surface area contributed by atoms with Crippen molar-refractivity contribution in [1.82, 2.24) is 14.3 Å². The Morgan fingerprint density at radius 1 is 0.842 bits per heavy atom. The van der Waals surface area contributed by atoms with Gasteiger partial charge in [-0.1, -0.05) is 24.3 Å². The van der Waals surface area contributed by atoms with Gasteiger partial charge in [-0.2, -0.15) is 0 Å². The van der Waals surface area contributed by atoms with Gasteiger partial charge in [-0.15, -0.1) is 0 Å². The fourth-order valence-corrected chi connectivity index (χ4v) is 6.33. The van der Waals surface area contributed by atoms with Crippen LogP contribution in [-0.2, 0) is 14.6 Å². The summed E-state index contributed by atoms with van der Waals surface area (Å²) in [6.07, 6.45) is 7.66. The van der Waals surface area contributed by atoms with Gasteiger partial charge in [-0.25, -0.2) is 13.4 Å². The summed E-state index contributed by atoms with van der Waals surface area (Å²) in [6.45, 7) is 8.22. The smallest absolute Gasteiger partial charge is 0.175 e. The first-order chi connectivity index (χ1) is 18.3. The highest BCUT2D eigenvalue weighted by Gasteiger charge is 2.25. The predicted octanol–water partition coefficient (Wildman–Crippen LogP) is 4.68. The molecule has 0 atom stereocenters. The number of pyridine rings is 1. The van der Waals surface area contributed by atoms with Crippen molar-refractivity contribution in [3.8, 4) is 22.4 Å². The molecule has 4 aromatic rings. The van der Waals surface area contributed by atoms with Crippen LogP contribution in [0.15, 0.2) is 71.9 Å². The second kappa shape index (κ2) is 10.2. The maximum absolute atomic E-state index is 11.8. The van der Waals surface area contributed by atoms with E-state index in [9.17, 15) is 8.42 Å². The number of fused-ring (bicyclic) bond motifs is 1. The van der Waals surface area contributed by atoms with E-state index in [1.54, 1.807) is 12.1 Å². The maximum Gasteiger partial charge on any atom is 0.175 e. The van der Waals surface area contributed by atoms with Gasteiger partial charge in [0, 0.05) is 75.3 Å². The molecule has 0 amide bonds. The first kappa shape index (κ1) is 25.1. The Morgan fingerprint density at radius 3 is 2.16 bits per heavy atom. The van der Waals surface area contributed by atoms with E-state index in [0.717, 1.165) is 80.3 Å². The molecule has 0 spiro atoms. The van der Waals surface area contributed by atoms with Gasteiger partial charge in [0.05, 0.1) is 10.6 Å². The molecule has 4 heterocycles. The average molecular weight is 531 g/mol. The normalized spacial score (nSPS) is 17.8. The van der Waals surface area contributed by atoms with Crippen LogP contribution in [0.3, 0.4) is 0 Å². The van der Waals surface area contributed by atoms with E-state index in [0.29, 0.717) is 10.9 Å². The van der Waals surface area contributed by atoms with E-state index in [-0.39, 0.29) is 0 Å². The molecule has 0 N–H and O–H groups in total. The van der Waals surface area contributed by atoms with Crippen molar-refractivity contribution in [1.29, 1.82) is 0 Å². The van der Waals surface area contributed by atoms with Crippen molar-refractivity contribution in [2.24, 2.45) is 0 Å². The number of rotatable bonds is 5. The summed E-state index contributed by atoms with van der Waals surface area (Å²) in [4.78, 5) is 10.3. The van der Waals surface area contributed by atoms with Crippen molar-refractivity contribution in [3.63, 3.8) is 0 Å². The molecule has 38 heavy (non-hydrogen) atoms. The van der Waals surface area contributed by atoms with Crippen LogP contribution >= 0.6 is 0 Å². The van der Waals surface area contributed by atoms with E-state index in [2.05, 4.69) is 57.7 Å². The summed E-state index contributed by atoms with van der Waals surface area (Å²) in [7, 11) is -3.22. The number of benzene rings is 2. The molecule has 2 saturated heterocycles. The van der Waals surface area contributed by atoms with Gasteiger partial charge in [0.15, 0.2) is 9.84 Å². The first-order valence-electron chi connectivity index (χ1n) is 13.3. The van der Waals surface area contributed by atoms with E-state index in [4.69, 9.17) is 9.72 Å². The average Bonchev–Trinajstić information content (AvgIpc) is 3.38. The van der Waals surface area contributed by atoms with Gasteiger partial charge < -0.3 is 14.0 Å². The molecule has 2 aromatic heterocycles. The van der Waals surface area contributed by atoms with E-state index < -0.39 is 9.84 Å². The fourth-order valence-electron chi connectivity index (χ4n) is 5.70. The fraction of sp³-hybridized carbons (Fsp3) is 0.367. The second-order valence-corrected chi connectivity index (χ2v) is 12.5. The number of hydrogen-bond donors (Lipinski definition) is 0. The minimum atomic E-state index is -3.22. The molecule has 2 aliphatic rings. The zero-order valence-corrected chi connectivity index (χ0v) is 22.8. The van der Waals surface area contributed by atoms with Crippen LogP contribution in [0.5, 0.6) is 0 Å². The van der Waals surface area contributed by atoms with Gasteiger partial charge in [0.25, 0.3) is 0 Å². The van der Waals surface area contributed by atoms with Crippen LogP contribution < -0.4 is 4.90 Å². The van der Waals surface area contributed by atoms with Crippen LogP contribution in [-0.4, -0.2) is 74.4 Å². The molecule has 2 aliphatic heterocycles. The quantitative estimate of drug-likeness (QED) is 0.373. The van der Waals surface area contributed by atoms with E-state index in [1.807, 2.05) is 18.3 Å². The highest BCUT2D eigenvalue weighted by Crippen LogP contribution is 2.29. The highest BCUT2D eigenvalue weighted by molar-refractivity contribution is 7.90. The molecule has 0 saturated carbocycles. The summed E-state index contributed by atoms with van der Waals surface area (Å²) in [5, 5.41) is 0. The van der Waals surface area contributed by atoms with Crippen LogP contribution in [0.2, 0.25) is 0 Å². The molecule has 0 aliphatic carbocycles. The van der Waals surface area contributed by atoms with Crippen LogP contribution in [0.1, 0.15) is 18.4 Å². The Kier molecular flexibility index (Phi) is 6.72. The lowest BCUT2D eigenvalue weighted by Gasteiger charge is -2.41. The molecule has 8 heteroatoms. The minimum Gasteiger partial charge on any atom is -0.381 e. The number of imidazole rings is 1. The molecule has 2 fully saturated rings. The monoisotopic (exact) mass is 530 g/mol. The van der Waals surface area contributed by atoms with Crippen molar-refractivity contribution < 1.29 is 13.2 Å². The third-order valence-electron chi connectivity index (χ3n) is 7.90. The van der Waals surface area contributed by atoms with Gasteiger partial charge >= 0.3 is 0 Å². The van der Waals surface area contributed by atoms with Crippen molar-refractivity contribution >= 4 is 21.2 Å². The minimum absolute atomic E-state index is 0.313. The van der Waals surface area contributed by atoms with Crippen LogP contribution in [0.4, 0.5) is 5.69 Å². The number of ether oxygens (including phenoxy) is 1. The lowest BCUT2D eigenvalue weighted by atomic mass is 10.0. The Balaban J connectivity index is 1.18. The van der Waals surface area contributed by atoms with Crippen molar-refractivity contribution in [2.45, 2.75) is 30.7 Å². The maximum atomic E-state index is 11.8. The Morgan fingerprint density at radius 2 is 1.50 bits per heavy atom. The van der Waals surface area contributed by atoms with Gasteiger partial charge in [-0.3, -0.25) is 4.90 Å². The number of piperazine rings is 1. The molecular weight excluding hydrogens is 496 g/mol. The molecular formula is C30H34N4O3S. The second-order valence-electron chi connectivity index (χ2n) is 10.5. The Labute approximate surface area is 224 Å². The van der Waals surface area contributed by atoms with E-state index in [1.165, 1.54) is 17.5 Å². The van der Waals surface area contributed by atoms with Crippen molar-refractivity contribution in [3.05, 3.63) is 72.6 Å². The highest BCUT2D eigenvalue weighted by atomic mass is 32.2. The van der Waals surface area contributed by atoms with Crippen molar-refractivity contribution in [2.75, 3.05) is 50.5 Å². The number of anilines is 1. The molecule has 6 rings (SSSR count). The Hall–Kier alpha value is -3.20. The third-order valence-corrected chi connectivity index (χ3v) is 9.03. The summed E-state index contributed by atoms with van der Waals surface area (Å²) in [6, 6.07) is 18.7. The summed E-state index contributed by atoms with van der Waals surface area (Å²) >= 11 is 0. The molecule has 198 valence electrons.